The second-order valence-corrected chi connectivity index (χ2v) is 3.45. The van der Waals surface area contributed by atoms with Crippen LogP contribution in [0, 0.1) is 18.6 Å². The molecule has 1 aromatic carbocycles. The van der Waals surface area contributed by atoms with Crippen molar-refractivity contribution in [1.29, 1.82) is 0 Å². The maximum Gasteiger partial charge on any atom is 0.328 e. The fraction of sp³-hybridized carbons (Fsp3) is 0.100. The number of halogens is 2. The van der Waals surface area contributed by atoms with E-state index >= 15 is 0 Å². The lowest BCUT2D eigenvalue weighted by molar-refractivity contribution is 0.102. The van der Waals surface area contributed by atoms with Crippen LogP contribution in [-0.2, 0) is 0 Å². The second kappa shape index (κ2) is 4.40. The van der Waals surface area contributed by atoms with Crippen molar-refractivity contribution in [2.24, 2.45) is 0 Å². The van der Waals surface area contributed by atoms with Gasteiger partial charge >= 0.3 is 6.01 Å². The fourth-order valence-electron chi connectivity index (χ4n) is 1.23. The Hall–Kier alpha value is -2.51. The van der Waals surface area contributed by atoms with Crippen LogP contribution in [0.25, 0.3) is 0 Å². The Kier molecular flexibility index (Phi) is 2.92. The number of carbonyl (C=O) groups excluding carboxylic acids is 1. The molecule has 0 saturated carbocycles. The lowest BCUT2D eigenvalue weighted by Crippen LogP contribution is -2.13. The number of anilines is 2. The molecule has 18 heavy (non-hydrogen) atoms. The van der Waals surface area contributed by atoms with Crippen molar-refractivity contribution < 1.29 is 18.1 Å². The average Bonchev–Trinajstić information content (AvgIpc) is 2.71. The molecule has 0 aliphatic carbocycles. The zero-order chi connectivity index (χ0) is 13.3. The van der Waals surface area contributed by atoms with Crippen LogP contribution in [0.1, 0.15) is 16.2 Å². The molecule has 2 aromatic rings. The number of nitrogens with one attached hydrogen (secondary N) is 1. The topological polar surface area (TPSA) is 94.0 Å². The number of hydrogen-bond donors (Lipinski definition) is 2. The number of benzene rings is 1. The summed E-state index contributed by atoms with van der Waals surface area (Å²) < 4.78 is 30.9. The van der Waals surface area contributed by atoms with Crippen LogP contribution >= 0.6 is 0 Å². The Balaban J connectivity index is 2.24. The molecule has 0 aliphatic heterocycles. The molecule has 0 fully saturated rings. The summed E-state index contributed by atoms with van der Waals surface area (Å²) in [4.78, 5) is 15.3. The molecule has 0 saturated heterocycles. The molecule has 1 amide bonds. The van der Waals surface area contributed by atoms with Gasteiger partial charge < -0.3 is 10.3 Å². The quantitative estimate of drug-likeness (QED) is 0.792. The lowest BCUT2D eigenvalue weighted by Gasteiger charge is -2.03. The first-order valence-corrected chi connectivity index (χ1v) is 4.83. The number of aromatic nitrogens is 2. The van der Waals surface area contributed by atoms with Gasteiger partial charge in [0.2, 0.25) is 0 Å². The standard InChI is InChI=1S/C10H8F2N4O2/c1-4-14-10(18-16-4)15-9(17)5-2-6(11)8(13)7(12)3-5/h2-3H,13H2,1H3,(H,14,15,16,17). The van der Waals surface area contributed by atoms with Crippen LogP contribution in [0.4, 0.5) is 20.5 Å². The summed E-state index contributed by atoms with van der Waals surface area (Å²) in [6.07, 6.45) is 0. The van der Waals surface area contributed by atoms with Gasteiger partial charge in [-0.05, 0) is 19.1 Å². The number of amides is 1. The number of nitrogens with two attached hydrogens (primary N) is 1. The van der Waals surface area contributed by atoms with E-state index in [-0.39, 0.29) is 11.6 Å². The van der Waals surface area contributed by atoms with E-state index in [0.29, 0.717) is 5.82 Å². The first-order chi connectivity index (χ1) is 8.47. The third kappa shape index (κ3) is 2.26. The summed E-state index contributed by atoms with van der Waals surface area (Å²) in [7, 11) is 0. The van der Waals surface area contributed by atoms with Crippen molar-refractivity contribution >= 4 is 17.6 Å². The second-order valence-electron chi connectivity index (χ2n) is 3.45. The Bertz CT molecular complexity index is 589. The summed E-state index contributed by atoms with van der Waals surface area (Å²) >= 11 is 0. The van der Waals surface area contributed by atoms with Crippen molar-refractivity contribution in [2.75, 3.05) is 11.1 Å². The van der Waals surface area contributed by atoms with Crippen LogP contribution in [0.2, 0.25) is 0 Å². The molecule has 0 radical (unpaired) electrons. The molecular weight excluding hydrogens is 246 g/mol. The summed E-state index contributed by atoms with van der Waals surface area (Å²) in [6, 6.07) is 1.48. The van der Waals surface area contributed by atoms with Crippen LogP contribution in [-0.4, -0.2) is 16.0 Å². The molecule has 6 nitrogen and oxygen atoms in total. The predicted molar refractivity (Wildman–Crippen MR) is 57.8 cm³/mol. The summed E-state index contributed by atoms with van der Waals surface area (Å²) in [5.41, 5.74) is 4.20. The van der Waals surface area contributed by atoms with Crippen LogP contribution in [0.15, 0.2) is 16.7 Å². The van der Waals surface area contributed by atoms with Gasteiger partial charge in [-0.25, -0.2) is 8.78 Å². The van der Waals surface area contributed by atoms with E-state index in [2.05, 4.69) is 20.0 Å². The smallest absolute Gasteiger partial charge is 0.328 e. The van der Waals surface area contributed by atoms with Crippen molar-refractivity contribution in [1.82, 2.24) is 10.1 Å². The highest BCUT2D eigenvalue weighted by molar-refractivity contribution is 6.03. The van der Waals surface area contributed by atoms with Gasteiger partial charge in [-0.3, -0.25) is 10.1 Å². The van der Waals surface area contributed by atoms with E-state index in [1.807, 2.05) is 0 Å². The molecule has 2 rings (SSSR count). The van der Waals surface area contributed by atoms with Crippen LogP contribution in [0.5, 0.6) is 0 Å². The Labute approximate surface area is 99.8 Å². The number of nitrogens with zero attached hydrogens (tertiary/aromatic N) is 2. The third-order valence-corrected chi connectivity index (χ3v) is 2.09. The van der Waals surface area contributed by atoms with Crippen LogP contribution in [0.3, 0.4) is 0 Å². The molecule has 3 N–H and O–H groups in total. The maximum absolute atomic E-state index is 13.1. The zero-order valence-corrected chi connectivity index (χ0v) is 9.20. The van der Waals surface area contributed by atoms with Crippen molar-refractivity contribution in [3.63, 3.8) is 0 Å². The van der Waals surface area contributed by atoms with Crippen LogP contribution < -0.4 is 11.1 Å². The molecule has 0 aliphatic rings. The molecule has 0 spiro atoms. The van der Waals surface area contributed by atoms with Gasteiger partial charge in [0.25, 0.3) is 5.91 Å². The summed E-state index contributed by atoms with van der Waals surface area (Å²) in [6.45, 7) is 1.56. The zero-order valence-electron chi connectivity index (χ0n) is 9.20. The SMILES string of the molecule is Cc1noc(NC(=O)c2cc(F)c(N)c(F)c2)n1. The molecule has 1 aromatic heterocycles. The van der Waals surface area contributed by atoms with E-state index in [9.17, 15) is 13.6 Å². The van der Waals surface area contributed by atoms with Gasteiger partial charge in [-0.15, -0.1) is 0 Å². The minimum absolute atomic E-state index is 0.157. The number of aryl methyl sites for hydroxylation is 1. The minimum atomic E-state index is -1.01. The summed E-state index contributed by atoms with van der Waals surface area (Å²) in [5, 5.41) is 5.64. The maximum atomic E-state index is 13.1. The fourth-order valence-corrected chi connectivity index (χ4v) is 1.23. The van der Waals surface area contributed by atoms with E-state index in [4.69, 9.17) is 5.73 Å². The highest BCUT2D eigenvalue weighted by Crippen LogP contribution is 2.18. The van der Waals surface area contributed by atoms with Gasteiger partial charge in [0.1, 0.15) is 17.3 Å². The lowest BCUT2D eigenvalue weighted by atomic mass is 10.2. The molecule has 0 atom stereocenters. The largest absolute Gasteiger partial charge is 0.394 e. The van der Waals surface area contributed by atoms with Gasteiger partial charge in [0.05, 0.1) is 0 Å². The molecule has 1 heterocycles. The highest BCUT2D eigenvalue weighted by Gasteiger charge is 2.15. The molecule has 0 unspecified atom stereocenters. The monoisotopic (exact) mass is 254 g/mol. The Morgan fingerprint density at radius 3 is 2.50 bits per heavy atom. The number of carbonyl (C=O) groups is 1. The Morgan fingerprint density at radius 2 is 2.00 bits per heavy atom. The predicted octanol–water partition coefficient (Wildman–Crippen LogP) is 1.49. The molecule has 8 heteroatoms. The molecular formula is C10H8F2N4O2. The summed E-state index contributed by atoms with van der Waals surface area (Å²) in [5.74, 6) is -2.49. The average molecular weight is 254 g/mol. The molecule has 94 valence electrons. The molecule has 0 bridgehead atoms. The van der Waals surface area contributed by atoms with E-state index in [0.717, 1.165) is 12.1 Å². The van der Waals surface area contributed by atoms with Crippen molar-refractivity contribution in [3.05, 3.63) is 35.2 Å². The number of hydrogen-bond acceptors (Lipinski definition) is 5. The van der Waals surface area contributed by atoms with E-state index in [1.54, 1.807) is 6.92 Å². The van der Waals surface area contributed by atoms with Gasteiger partial charge in [-0.2, -0.15) is 4.98 Å². The van der Waals surface area contributed by atoms with E-state index in [1.165, 1.54) is 0 Å². The van der Waals surface area contributed by atoms with Crippen molar-refractivity contribution in [3.8, 4) is 0 Å². The van der Waals surface area contributed by atoms with E-state index < -0.39 is 23.2 Å². The van der Waals surface area contributed by atoms with Gasteiger partial charge in [0, 0.05) is 5.56 Å². The number of rotatable bonds is 2. The minimum Gasteiger partial charge on any atom is -0.394 e. The van der Waals surface area contributed by atoms with Gasteiger partial charge in [0.15, 0.2) is 5.82 Å². The highest BCUT2D eigenvalue weighted by atomic mass is 19.1. The first-order valence-electron chi connectivity index (χ1n) is 4.83. The first kappa shape index (κ1) is 12.0. The van der Waals surface area contributed by atoms with Crippen molar-refractivity contribution in [2.45, 2.75) is 6.92 Å². The normalized spacial score (nSPS) is 10.4. The number of nitrogen functional groups attached to an aromatic ring is 1. The third-order valence-electron chi connectivity index (χ3n) is 2.09. The van der Waals surface area contributed by atoms with Gasteiger partial charge in [-0.1, -0.05) is 5.16 Å². The Morgan fingerprint density at radius 1 is 1.39 bits per heavy atom.